The third kappa shape index (κ3) is 6.53. The molecule has 0 aliphatic carbocycles. The van der Waals surface area contributed by atoms with E-state index in [1.807, 2.05) is 38.1 Å². The average Bonchev–Trinajstić information content (AvgIpc) is 3.22. The lowest BCUT2D eigenvalue weighted by Gasteiger charge is -2.28. The predicted octanol–water partition coefficient (Wildman–Crippen LogP) is 5.98. The number of ether oxygens (including phenoxy) is 2. The minimum atomic E-state index is -0.409. The number of aromatic nitrogens is 3. The Hall–Kier alpha value is -2.48. The first-order chi connectivity index (χ1) is 16.1. The van der Waals surface area contributed by atoms with Gasteiger partial charge in [0, 0.05) is 11.4 Å². The zero-order valence-electron chi connectivity index (χ0n) is 20.2. The molecular formula is C25H36N4O3S. The number of thioether (sulfide) groups is 1. The molecule has 1 aliphatic rings. The Morgan fingerprint density at radius 1 is 1.06 bits per heavy atom. The Bertz CT molecular complexity index is 940. The summed E-state index contributed by atoms with van der Waals surface area (Å²) in [6.45, 7) is 9.32. The highest BCUT2D eigenvalue weighted by atomic mass is 32.2. The number of allylic oxidation sites excluding steroid dienone is 1. The third-order valence-electron chi connectivity index (χ3n) is 5.43. The lowest BCUT2D eigenvalue weighted by atomic mass is 9.96. The quantitative estimate of drug-likeness (QED) is 0.218. The first kappa shape index (κ1) is 25.1. The van der Waals surface area contributed by atoms with E-state index in [0.717, 1.165) is 54.9 Å². The predicted molar refractivity (Wildman–Crippen MR) is 133 cm³/mol. The van der Waals surface area contributed by atoms with Gasteiger partial charge in [0.1, 0.15) is 11.8 Å². The number of esters is 1. The van der Waals surface area contributed by atoms with Crippen LogP contribution < -0.4 is 10.1 Å². The molecule has 0 spiro atoms. The van der Waals surface area contributed by atoms with E-state index in [1.54, 1.807) is 16.4 Å². The van der Waals surface area contributed by atoms with Crippen LogP contribution >= 0.6 is 11.8 Å². The van der Waals surface area contributed by atoms with Crippen LogP contribution in [-0.4, -0.2) is 39.7 Å². The Morgan fingerprint density at radius 2 is 1.82 bits per heavy atom. The number of nitrogens with zero attached hydrogens (tertiary/aromatic N) is 3. The van der Waals surface area contributed by atoms with Crippen molar-refractivity contribution < 1.29 is 14.3 Å². The van der Waals surface area contributed by atoms with Crippen molar-refractivity contribution in [2.24, 2.45) is 0 Å². The highest BCUT2D eigenvalue weighted by Gasteiger charge is 2.35. The molecule has 1 atom stereocenters. The van der Waals surface area contributed by atoms with Crippen molar-refractivity contribution in [1.29, 1.82) is 0 Å². The van der Waals surface area contributed by atoms with E-state index in [0.29, 0.717) is 29.9 Å². The number of rotatable bonds is 13. The topological polar surface area (TPSA) is 78.3 Å². The van der Waals surface area contributed by atoms with Crippen LogP contribution in [0.3, 0.4) is 0 Å². The van der Waals surface area contributed by atoms with Crippen LogP contribution in [0.4, 0.5) is 5.95 Å². The number of fused-ring (bicyclic) bond motifs is 1. The van der Waals surface area contributed by atoms with Crippen molar-refractivity contribution >= 4 is 23.7 Å². The normalized spacial score (nSPS) is 15.2. The van der Waals surface area contributed by atoms with Crippen LogP contribution in [0.25, 0.3) is 0 Å². The Kier molecular flexibility index (Phi) is 9.66. The zero-order chi connectivity index (χ0) is 23.6. The molecule has 0 saturated heterocycles. The lowest BCUT2D eigenvalue weighted by Crippen LogP contribution is -2.29. The van der Waals surface area contributed by atoms with Crippen molar-refractivity contribution in [3.8, 4) is 5.75 Å². The van der Waals surface area contributed by atoms with Gasteiger partial charge in [0.2, 0.25) is 11.1 Å². The summed E-state index contributed by atoms with van der Waals surface area (Å²) in [6.07, 6.45) is 6.38. The molecule has 1 aromatic heterocycles. The molecule has 7 nitrogen and oxygen atoms in total. The second-order valence-electron chi connectivity index (χ2n) is 8.19. The number of carbonyl (C=O) groups excluding carboxylic acids is 1. The maximum Gasteiger partial charge on any atom is 0.338 e. The van der Waals surface area contributed by atoms with Crippen LogP contribution in [-0.2, 0) is 9.53 Å². The fraction of sp³-hybridized carbons (Fsp3) is 0.560. The second kappa shape index (κ2) is 12.7. The van der Waals surface area contributed by atoms with Gasteiger partial charge in [-0.2, -0.15) is 4.98 Å². The molecule has 0 saturated carbocycles. The Labute approximate surface area is 201 Å². The molecule has 180 valence electrons. The molecule has 0 amide bonds. The first-order valence-corrected chi connectivity index (χ1v) is 13.0. The summed E-state index contributed by atoms with van der Waals surface area (Å²) < 4.78 is 13.2. The van der Waals surface area contributed by atoms with Gasteiger partial charge < -0.3 is 14.8 Å². The summed E-state index contributed by atoms with van der Waals surface area (Å²) in [7, 11) is 0. The van der Waals surface area contributed by atoms with E-state index in [2.05, 4.69) is 24.1 Å². The summed E-state index contributed by atoms with van der Waals surface area (Å²) in [5, 5.41) is 8.72. The fourth-order valence-corrected chi connectivity index (χ4v) is 4.55. The Morgan fingerprint density at radius 3 is 2.52 bits per heavy atom. The molecule has 1 aromatic carbocycles. The van der Waals surface area contributed by atoms with Gasteiger partial charge in [-0.05, 0) is 43.9 Å². The lowest BCUT2D eigenvalue weighted by molar-refractivity contribution is -0.139. The van der Waals surface area contributed by atoms with Crippen molar-refractivity contribution in [2.45, 2.75) is 77.4 Å². The number of carbonyl (C=O) groups is 1. The largest absolute Gasteiger partial charge is 0.494 e. The summed E-state index contributed by atoms with van der Waals surface area (Å²) >= 11 is 1.64. The summed E-state index contributed by atoms with van der Waals surface area (Å²) in [5.41, 5.74) is 2.24. The first-order valence-electron chi connectivity index (χ1n) is 12.1. The van der Waals surface area contributed by atoms with Gasteiger partial charge in [-0.1, -0.05) is 63.9 Å². The zero-order valence-corrected chi connectivity index (χ0v) is 21.0. The third-order valence-corrected chi connectivity index (χ3v) is 6.36. The molecule has 8 heteroatoms. The Balaban J connectivity index is 1.89. The molecule has 0 radical (unpaired) electrons. The van der Waals surface area contributed by atoms with E-state index < -0.39 is 6.04 Å². The molecule has 1 unspecified atom stereocenters. The monoisotopic (exact) mass is 472 g/mol. The second-order valence-corrected chi connectivity index (χ2v) is 9.25. The number of hydrogen-bond donors (Lipinski definition) is 1. The van der Waals surface area contributed by atoms with Crippen LogP contribution in [0.5, 0.6) is 5.75 Å². The number of hydrogen-bond acceptors (Lipinski definition) is 7. The minimum Gasteiger partial charge on any atom is -0.494 e. The van der Waals surface area contributed by atoms with Crippen LogP contribution in [0.15, 0.2) is 40.7 Å². The van der Waals surface area contributed by atoms with Crippen molar-refractivity contribution in [1.82, 2.24) is 14.8 Å². The molecule has 1 aliphatic heterocycles. The van der Waals surface area contributed by atoms with Crippen LogP contribution in [0, 0.1) is 0 Å². The van der Waals surface area contributed by atoms with Crippen LogP contribution in [0.2, 0.25) is 0 Å². The minimum absolute atomic E-state index is 0.326. The van der Waals surface area contributed by atoms with Crippen molar-refractivity contribution in [3.63, 3.8) is 0 Å². The average molecular weight is 473 g/mol. The van der Waals surface area contributed by atoms with Crippen LogP contribution in [0.1, 0.15) is 77.8 Å². The SMILES string of the molecule is CCCCCOc1ccc(C2C(C(=O)OCCC)=C(C)Nc3nc(SCCCC)nn32)cc1. The maximum absolute atomic E-state index is 13.0. The summed E-state index contributed by atoms with van der Waals surface area (Å²) in [4.78, 5) is 17.7. The van der Waals surface area contributed by atoms with E-state index in [-0.39, 0.29) is 5.97 Å². The smallest absolute Gasteiger partial charge is 0.338 e. The van der Waals surface area contributed by atoms with Gasteiger partial charge >= 0.3 is 5.97 Å². The molecule has 2 heterocycles. The maximum atomic E-state index is 13.0. The fourth-order valence-electron chi connectivity index (χ4n) is 3.63. The molecule has 0 bridgehead atoms. The van der Waals surface area contributed by atoms with E-state index in [9.17, 15) is 4.79 Å². The van der Waals surface area contributed by atoms with Gasteiger partial charge in [0.25, 0.3) is 0 Å². The number of unbranched alkanes of at least 4 members (excludes halogenated alkanes) is 3. The van der Waals surface area contributed by atoms with E-state index in [4.69, 9.17) is 14.6 Å². The number of anilines is 1. The molecule has 0 fully saturated rings. The van der Waals surface area contributed by atoms with Gasteiger partial charge in [-0.25, -0.2) is 9.48 Å². The summed E-state index contributed by atoms with van der Waals surface area (Å²) in [6, 6.07) is 7.51. The van der Waals surface area contributed by atoms with Crippen molar-refractivity contribution in [2.75, 3.05) is 24.3 Å². The highest BCUT2D eigenvalue weighted by molar-refractivity contribution is 7.99. The molecule has 33 heavy (non-hydrogen) atoms. The van der Waals surface area contributed by atoms with E-state index in [1.165, 1.54) is 6.42 Å². The van der Waals surface area contributed by atoms with Gasteiger partial charge in [-0.15, -0.1) is 5.10 Å². The highest BCUT2D eigenvalue weighted by Crippen LogP contribution is 2.37. The molecule has 3 rings (SSSR count). The standard InChI is InChI=1S/C25H36N4O3S/c1-5-8-10-16-31-20-13-11-19(12-14-20)22-21(23(30)32-15-7-3)18(4)26-24-27-25(28-29(22)24)33-17-9-6-2/h11-14,22H,5-10,15-17H2,1-4H3,(H,26,27,28). The van der Waals surface area contributed by atoms with Gasteiger partial charge in [0.05, 0.1) is 18.8 Å². The molecular weight excluding hydrogens is 436 g/mol. The number of benzene rings is 1. The molecule has 1 N–H and O–H groups in total. The molecule has 2 aromatic rings. The summed E-state index contributed by atoms with van der Waals surface area (Å²) in [5.74, 6) is 2.11. The van der Waals surface area contributed by atoms with Gasteiger partial charge in [-0.3, -0.25) is 0 Å². The number of nitrogens with one attached hydrogen (secondary N) is 1. The van der Waals surface area contributed by atoms with Crippen molar-refractivity contribution in [3.05, 3.63) is 41.1 Å². The van der Waals surface area contributed by atoms with E-state index >= 15 is 0 Å². The van der Waals surface area contributed by atoms with Gasteiger partial charge in [0.15, 0.2) is 0 Å².